The van der Waals surface area contributed by atoms with Crippen LogP contribution in [-0.4, -0.2) is 5.11 Å². The number of fused-ring (bicyclic) bond motifs is 1. The average molecular weight is 228 g/mol. The number of benzene rings is 1. The van der Waals surface area contributed by atoms with Crippen molar-refractivity contribution in [1.82, 2.24) is 0 Å². The number of hydrogen-bond donors (Lipinski definition) is 2. The molecule has 1 heterocycles. The third-order valence-corrected chi connectivity index (χ3v) is 3.50. The van der Waals surface area contributed by atoms with Crippen molar-refractivity contribution >= 4 is 38.7 Å². The number of nitrogen functional groups attached to an aromatic ring is 1. The molecule has 0 fully saturated rings. The summed E-state index contributed by atoms with van der Waals surface area (Å²) < 4.78 is 1.02. The van der Waals surface area contributed by atoms with Gasteiger partial charge in [0.25, 0.3) is 0 Å². The Bertz CT molecular complexity index is 466. The van der Waals surface area contributed by atoms with Crippen molar-refractivity contribution in [1.29, 1.82) is 0 Å². The fraction of sp³-hybridized carbons (Fsp3) is 0.200. The molecular formula is C10H10ClNOS. The summed E-state index contributed by atoms with van der Waals surface area (Å²) in [5.41, 5.74) is 8.47. The number of nitrogens with two attached hydrogens (primary N) is 1. The Morgan fingerprint density at radius 2 is 2.21 bits per heavy atom. The van der Waals surface area contributed by atoms with Crippen LogP contribution in [0.5, 0.6) is 0 Å². The second-order valence-corrected chi connectivity index (χ2v) is 4.25. The van der Waals surface area contributed by atoms with Crippen molar-refractivity contribution in [2.24, 2.45) is 0 Å². The molecular weight excluding hydrogens is 218 g/mol. The van der Waals surface area contributed by atoms with Gasteiger partial charge in [0.15, 0.2) is 0 Å². The highest BCUT2D eigenvalue weighted by atomic mass is 35.5. The number of rotatable bonds is 2. The lowest BCUT2D eigenvalue weighted by atomic mass is 10.1. The summed E-state index contributed by atoms with van der Waals surface area (Å²) in [5, 5.41) is 12.2. The SMILES string of the molecule is Nc1c(CCl)cc(CO)c2ccsc12. The van der Waals surface area contributed by atoms with Crippen molar-refractivity contribution < 1.29 is 5.11 Å². The van der Waals surface area contributed by atoms with Gasteiger partial charge in [-0.05, 0) is 28.6 Å². The summed E-state index contributed by atoms with van der Waals surface area (Å²) in [4.78, 5) is 0. The summed E-state index contributed by atoms with van der Waals surface area (Å²) in [7, 11) is 0. The first-order valence-electron chi connectivity index (χ1n) is 4.22. The monoisotopic (exact) mass is 227 g/mol. The molecule has 2 nitrogen and oxygen atoms in total. The van der Waals surface area contributed by atoms with E-state index in [1.54, 1.807) is 11.3 Å². The molecule has 0 aliphatic heterocycles. The lowest BCUT2D eigenvalue weighted by Gasteiger charge is -2.07. The summed E-state index contributed by atoms with van der Waals surface area (Å²) in [5.74, 6) is 0.382. The minimum Gasteiger partial charge on any atom is -0.397 e. The van der Waals surface area contributed by atoms with E-state index in [-0.39, 0.29) is 6.61 Å². The second-order valence-electron chi connectivity index (χ2n) is 3.06. The molecule has 74 valence electrons. The van der Waals surface area contributed by atoms with Crippen molar-refractivity contribution in [3.05, 3.63) is 28.6 Å². The van der Waals surface area contributed by atoms with Gasteiger partial charge >= 0.3 is 0 Å². The molecule has 0 bridgehead atoms. The van der Waals surface area contributed by atoms with E-state index in [2.05, 4.69) is 0 Å². The molecule has 0 aliphatic carbocycles. The van der Waals surface area contributed by atoms with Gasteiger partial charge in [0.1, 0.15) is 0 Å². The number of halogens is 1. The van der Waals surface area contributed by atoms with Gasteiger partial charge in [-0.25, -0.2) is 0 Å². The van der Waals surface area contributed by atoms with Gasteiger partial charge in [-0.2, -0.15) is 0 Å². The zero-order valence-electron chi connectivity index (χ0n) is 7.46. The Kier molecular flexibility index (Phi) is 2.63. The van der Waals surface area contributed by atoms with Crippen LogP contribution in [0.4, 0.5) is 5.69 Å². The fourth-order valence-electron chi connectivity index (χ4n) is 1.52. The third kappa shape index (κ3) is 1.38. The standard InChI is InChI=1S/C10H10ClNOS/c11-4-6-3-7(5-13)8-1-2-14-10(8)9(6)12/h1-3,13H,4-5,12H2. The van der Waals surface area contributed by atoms with Crippen LogP contribution in [0.3, 0.4) is 0 Å². The molecule has 0 saturated heterocycles. The largest absolute Gasteiger partial charge is 0.397 e. The molecule has 0 spiro atoms. The number of aliphatic hydroxyl groups is 1. The average Bonchev–Trinajstić information content (AvgIpc) is 2.68. The molecule has 1 aromatic carbocycles. The molecule has 0 amide bonds. The van der Waals surface area contributed by atoms with Gasteiger partial charge < -0.3 is 10.8 Å². The zero-order valence-corrected chi connectivity index (χ0v) is 9.03. The number of alkyl halides is 1. The summed E-state index contributed by atoms with van der Waals surface area (Å²) in [6.45, 7) is 0.0252. The van der Waals surface area contributed by atoms with E-state index in [0.717, 1.165) is 26.9 Å². The maximum atomic E-state index is 9.19. The predicted molar refractivity (Wildman–Crippen MR) is 61.7 cm³/mol. The smallest absolute Gasteiger partial charge is 0.0688 e. The fourth-order valence-corrected chi connectivity index (χ4v) is 2.67. The van der Waals surface area contributed by atoms with E-state index >= 15 is 0 Å². The highest BCUT2D eigenvalue weighted by molar-refractivity contribution is 7.17. The van der Waals surface area contributed by atoms with Crippen LogP contribution in [0.15, 0.2) is 17.5 Å². The van der Waals surface area contributed by atoms with E-state index < -0.39 is 0 Å². The first-order chi connectivity index (χ1) is 6.77. The molecule has 0 unspecified atom stereocenters. The molecule has 1 aromatic heterocycles. The second kappa shape index (κ2) is 3.77. The molecule has 4 heteroatoms. The Morgan fingerprint density at radius 3 is 2.86 bits per heavy atom. The topological polar surface area (TPSA) is 46.2 Å². The van der Waals surface area contributed by atoms with Gasteiger partial charge in [-0.15, -0.1) is 22.9 Å². The molecule has 0 atom stereocenters. The van der Waals surface area contributed by atoms with Crippen LogP contribution in [0, 0.1) is 0 Å². The zero-order chi connectivity index (χ0) is 10.1. The highest BCUT2D eigenvalue weighted by Gasteiger charge is 2.09. The van der Waals surface area contributed by atoms with E-state index in [1.165, 1.54) is 0 Å². The van der Waals surface area contributed by atoms with E-state index in [9.17, 15) is 5.11 Å². The number of aliphatic hydroxyl groups excluding tert-OH is 1. The molecule has 14 heavy (non-hydrogen) atoms. The van der Waals surface area contributed by atoms with Gasteiger partial charge in [0, 0.05) is 11.3 Å². The summed E-state index contributed by atoms with van der Waals surface area (Å²) in [6, 6.07) is 3.84. The molecule has 3 N–H and O–H groups in total. The maximum absolute atomic E-state index is 9.19. The minimum atomic E-state index is 0.0252. The van der Waals surface area contributed by atoms with Gasteiger partial charge in [-0.1, -0.05) is 0 Å². The van der Waals surface area contributed by atoms with Crippen LogP contribution in [0.1, 0.15) is 11.1 Å². The molecule has 0 radical (unpaired) electrons. The predicted octanol–water partition coefficient (Wildman–Crippen LogP) is 2.71. The highest BCUT2D eigenvalue weighted by Crippen LogP contribution is 2.33. The molecule has 2 aromatic rings. The van der Waals surface area contributed by atoms with Gasteiger partial charge in [0.05, 0.1) is 17.0 Å². The van der Waals surface area contributed by atoms with Crippen LogP contribution >= 0.6 is 22.9 Å². The molecule has 0 saturated carbocycles. The normalized spacial score (nSPS) is 11.0. The van der Waals surface area contributed by atoms with Gasteiger partial charge in [-0.3, -0.25) is 0 Å². The first kappa shape index (κ1) is 9.77. The van der Waals surface area contributed by atoms with E-state index in [4.69, 9.17) is 17.3 Å². The number of anilines is 1. The van der Waals surface area contributed by atoms with E-state index in [0.29, 0.717) is 5.88 Å². The first-order valence-corrected chi connectivity index (χ1v) is 5.63. The Hall–Kier alpha value is -0.770. The summed E-state index contributed by atoms with van der Waals surface area (Å²) >= 11 is 7.35. The van der Waals surface area contributed by atoms with Crippen LogP contribution in [-0.2, 0) is 12.5 Å². The summed E-state index contributed by atoms with van der Waals surface area (Å²) in [6.07, 6.45) is 0. The van der Waals surface area contributed by atoms with Crippen LogP contribution < -0.4 is 5.73 Å². The van der Waals surface area contributed by atoms with Crippen molar-refractivity contribution in [3.8, 4) is 0 Å². The van der Waals surface area contributed by atoms with E-state index in [1.807, 2.05) is 17.5 Å². The van der Waals surface area contributed by atoms with Crippen LogP contribution in [0.2, 0.25) is 0 Å². The lowest BCUT2D eigenvalue weighted by molar-refractivity contribution is 0.283. The Labute approximate surface area is 90.9 Å². The lowest BCUT2D eigenvalue weighted by Crippen LogP contribution is -1.95. The number of hydrogen-bond acceptors (Lipinski definition) is 3. The molecule has 2 rings (SSSR count). The van der Waals surface area contributed by atoms with Crippen LogP contribution in [0.25, 0.3) is 10.1 Å². The minimum absolute atomic E-state index is 0.0252. The van der Waals surface area contributed by atoms with Crippen molar-refractivity contribution in [2.45, 2.75) is 12.5 Å². The Balaban J connectivity index is 2.80. The van der Waals surface area contributed by atoms with Crippen molar-refractivity contribution in [3.63, 3.8) is 0 Å². The van der Waals surface area contributed by atoms with Gasteiger partial charge in [0.2, 0.25) is 0 Å². The Morgan fingerprint density at radius 1 is 1.43 bits per heavy atom. The quantitative estimate of drug-likeness (QED) is 0.612. The molecule has 0 aliphatic rings. The maximum Gasteiger partial charge on any atom is 0.0688 e. The van der Waals surface area contributed by atoms with Crippen molar-refractivity contribution in [2.75, 3.05) is 5.73 Å². The number of thiophene rings is 1. The third-order valence-electron chi connectivity index (χ3n) is 2.26.